The Hall–Kier alpha value is -2.53. The summed E-state index contributed by atoms with van der Waals surface area (Å²) in [6, 6.07) is 13.3. The maximum Gasteiger partial charge on any atom is 0.336 e. The average Bonchev–Trinajstić information content (AvgIpc) is 2.64. The van der Waals surface area contributed by atoms with Gasteiger partial charge in [-0.2, -0.15) is 0 Å². The number of fused-ring (bicyclic) bond motifs is 1. The molecule has 0 saturated heterocycles. The molecule has 5 heteroatoms. The van der Waals surface area contributed by atoms with Crippen LogP contribution in [-0.2, 0) is 17.0 Å². The molecule has 2 aromatic carbocycles. The molecule has 3 aromatic rings. The van der Waals surface area contributed by atoms with Gasteiger partial charge in [-0.3, -0.25) is 4.79 Å². The molecule has 0 radical (unpaired) electrons. The lowest BCUT2D eigenvalue weighted by atomic mass is 10.1. The van der Waals surface area contributed by atoms with Gasteiger partial charge in [0.25, 0.3) is 0 Å². The van der Waals surface area contributed by atoms with E-state index in [9.17, 15) is 9.59 Å². The summed E-state index contributed by atoms with van der Waals surface area (Å²) in [7, 11) is 0. The summed E-state index contributed by atoms with van der Waals surface area (Å²) in [5.41, 5.74) is 5.43. The minimum absolute atomic E-state index is 0.0520. The Morgan fingerprint density at radius 1 is 1.07 bits per heavy atom. The highest BCUT2D eigenvalue weighted by Crippen LogP contribution is 2.23. The standard InChI is InChI=1S/C22H23NO3S/c1-4-16-6-8-19-17(11-22(25)26-20(19)10-16)12-27-13-21(24)23-18-7-5-14(2)15(3)9-18/h5-11H,4,12-13H2,1-3H3,(H,23,24). The number of hydrogen-bond acceptors (Lipinski definition) is 4. The molecule has 0 atom stereocenters. The lowest BCUT2D eigenvalue weighted by molar-refractivity contribution is -0.113. The number of anilines is 1. The van der Waals surface area contributed by atoms with Gasteiger partial charge in [-0.15, -0.1) is 11.8 Å². The van der Waals surface area contributed by atoms with Crippen LogP contribution in [0.1, 0.15) is 29.2 Å². The minimum Gasteiger partial charge on any atom is -0.423 e. The number of carbonyl (C=O) groups excluding carboxylic acids is 1. The van der Waals surface area contributed by atoms with Crippen LogP contribution >= 0.6 is 11.8 Å². The average molecular weight is 381 g/mol. The number of thioether (sulfide) groups is 1. The van der Waals surface area contributed by atoms with E-state index < -0.39 is 0 Å². The number of rotatable bonds is 6. The Labute approximate surface area is 163 Å². The Kier molecular flexibility index (Phi) is 6.01. The molecule has 0 unspecified atom stereocenters. The molecule has 0 saturated carbocycles. The van der Waals surface area contributed by atoms with Crippen molar-refractivity contribution >= 4 is 34.3 Å². The molecule has 0 spiro atoms. The highest BCUT2D eigenvalue weighted by atomic mass is 32.2. The molecule has 4 nitrogen and oxygen atoms in total. The van der Waals surface area contributed by atoms with E-state index in [1.54, 1.807) is 0 Å². The second kappa shape index (κ2) is 8.44. The van der Waals surface area contributed by atoms with Crippen molar-refractivity contribution in [2.45, 2.75) is 32.9 Å². The zero-order valence-electron chi connectivity index (χ0n) is 15.8. The molecule has 140 valence electrons. The third kappa shape index (κ3) is 4.80. The van der Waals surface area contributed by atoms with Crippen molar-refractivity contribution in [1.82, 2.24) is 0 Å². The van der Waals surface area contributed by atoms with Crippen LogP contribution in [0, 0.1) is 13.8 Å². The lowest BCUT2D eigenvalue weighted by Crippen LogP contribution is -2.14. The highest BCUT2D eigenvalue weighted by molar-refractivity contribution is 7.99. The molecule has 0 aliphatic carbocycles. The molecule has 1 N–H and O–H groups in total. The third-order valence-corrected chi connectivity index (χ3v) is 5.57. The first-order valence-corrected chi connectivity index (χ1v) is 10.1. The van der Waals surface area contributed by atoms with Crippen molar-refractivity contribution in [3.05, 3.63) is 75.1 Å². The zero-order chi connectivity index (χ0) is 19.4. The predicted molar refractivity (Wildman–Crippen MR) is 113 cm³/mol. The molecule has 27 heavy (non-hydrogen) atoms. The molecule has 0 aliphatic rings. The fourth-order valence-corrected chi connectivity index (χ4v) is 3.70. The largest absolute Gasteiger partial charge is 0.423 e. The van der Waals surface area contributed by atoms with Crippen molar-refractivity contribution in [1.29, 1.82) is 0 Å². The smallest absolute Gasteiger partial charge is 0.336 e. The topological polar surface area (TPSA) is 59.3 Å². The van der Waals surface area contributed by atoms with Crippen LogP contribution in [0.5, 0.6) is 0 Å². The van der Waals surface area contributed by atoms with E-state index in [2.05, 4.69) is 12.2 Å². The minimum atomic E-state index is -0.356. The van der Waals surface area contributed by atoms with E-state index in [1.165, 1.54) is 23.4 Å². The van der Waals surface area contributed by atoms with Gasteiger partial charge < -0.3 is 9.73 Å². The SMILES string of the molecule is CCc1ccc2c(CSCC(=O)Nc3ccc(C)c(C)c3)cc(=O)oc2c1. The highest BCUT2D eigenvalue weighted by Gasteiger charge is 2.09. The van der Waals surface area contributed by atoms with E-state index in [4.69, 9.17) is 4.42 Å². The monoisotopic (exact) mass is 381 g/mol. The predicted octanol–water partition coefficient (Wildman–Crippen LogP) is 4.84. The van der Waals surface area contributed by atoms with Crippen LogP contribution in [0.3, 0.4) is 0 Å². The van der Waals surface area contributed by atoms with Crippen LogP contribution < -0.4 is 10.9 Å². The van der Waals surface area contributed by atoms with Crippen molar-refractivity contribution in [3.63, 3.8) is 0 Å². The van der Waals surface area contributed by atoms with Crippen molar-refractivity contribution in [2.24, 2.45) is 0 Å². The van der Waals surface area contributed by atoms with Crippen LogP contribution in [0.25, 0.3) is 11.0 Å². The summed E-state index contributed by atoms with van der Waals surface area (Å²) in [6.07, 6.45) is 0.886. The van der Waals surface area contributed by atoms with Gasteiger partial charge in [-0.05, 0) is 60.7 Å². The van der Waals surface area contributed by atoms with E-state index >= 15 is 0 Å². The van der Waals surface area contributed by atoms with Crippen LogP contribution in [-0.4, -0.2) is 11.7 Å². The molecule has 1 heterocycles. The molecule has 0 fully saturated rings. The van der Waals surface area contributed by atoms with Crippen molar-refractivity contribution < 1.29 is 9.21 Å². The first kappa shape index (κ1) is 19.2. The van der Waals surface area contributed by atoms with E-state index in [1.807, 2.05) is 50.2 Å². The molecule has 0 bridgehead atoms. The van der Waals surface area contributed by atoms with E-state index in [-0.39, 0.29) is 11.5 Å². The number of carbonyl (C=O) groups is 1. The van der Waals surface area contributed by atoms with Crippen LogP contribution in [0.4, 0.5) is 5.69 Å². The van der Waals surface area contributed by atoms with Gasteiger partial charge in [0, 0.05) is 22.9 Å². The number of amides is 1. The van der Waals surface area contributed by atoms with E-state index in [0.29, 0.717) is 17.1 Å². The summed E-state index contributed by atoms with van der Waals surface area (Å²) in [5.74, 6) is 0.846. The van der Waals surface area contributed by atoms with Gasteiger partial charge in [0.1, 0.15) is 5.58 Å². The van der Waals surface area contributed by atoms with Crippen LogP contribution in [0.2, 0.25) is 0 Å². The summed E-state index contributed by atoms with van der Waals surface area (Å²) in [6.45, 7) is 6.13. The maximum atomic E-state index is 12.2. The van der Waals surface area contributed by atoms with E-state index in [0.717, 1.165) is 34.2 Å². The number of aryl methyl sites for hydroxylation is 3. The number of benzene rings is 2. The number of hydrogen-bond donors (Lipinski definition) is 1. The normalized spacial score (nSPS) is 10.9. The lowest BCUT2D eigenvalue weighted by Gasteiger charge is -2.09. The molecule has 0 aliphatic heterocycles. The zero-order valence-corrected chi connectivity index (χ0v) is 16.6. The first-order valence-electron chi connectivity index (χ1n) is 8.97. The third-order valence-electron chi connectivity index (χ3n) is 4.58. The quantitative estimate of drug-likeness (QED) is 0.621. The first-order chi connectivity index (χ1) is 13.0. The molecular weight excluding hydrogens is 358 g/mol. The van der Waals surface area contributed by atoms with Gasteiger partial charge in [0.05, 0.1) is 5.75 Å². The van der Waals surface area contributed by atoms with Gasteiger partial charge >= 0.3 is 5.63 Å². The Morgan fingerprint density at radius 2 is 1.89 bits per heavy atom. The molecule has 3 rings (SSSR count). The fourth-order valence-electron chi connectivity index (χ4n) is 2.88. The summed E-state index contributed by atoms with van der Waals surface area (Å²) in [4.78, 5) is 24.0. The Morgan fingerprint density at radius 3 is 2.63 bits per heavy atom. The van der Waals surface area contributed by atoms with Gasteiger partial charge in [-0.1, -0.05) is 25.1 Å². The second-order valence-electron chi connectivity index (χ2n) is 6.61. The Balaban J connectivity index is 1.65. The maximum absolute atomic E-state index is 12.2. The Bertz CT molecular complexity index is 1040. The molecular formula is C22H23NO3S. The number of nitrogens with one attached hydrogen (secondary N) is 1. The van der Waals surface area contributed by atoms with Gasteiger partial charge in [-0.25, -0.2) is 4.79 Å². The molecule has 1 amide bonds. The molecule has 1 aromatic heterocycles. The summed E-state index contributed by atoms with van der Waals surface area (Å²) < 4.78 is 5.33. The van der Waals surface area contributed by atoms with Crippen molar-refractivity contribution in [2.75, 3.05) is 11.1 Å². The van der Waals surface area contributed by atoms with Gasteiger partial charge in [0.15, 0.2) is 0 Å². The van der Waals surface area contributed by atoms with Crippen molar-refractivity contribution in [3.8, 4) is 0 Å². The second-order valence-corrected chi connectivity index (χ2v) is 7.60. The fraction of sp³-hybridized carbons (Fsp3) is 0.273. The van der Waals surface area contributed by atoms with Crippen LogP contribution in [0.15, 0.2) is 51.7 Å². The summed E-state index contributed by atoms with van der Waals surface area (Å²) >= 11 is 1.48. The van der Waals surface area contributed by atoms with Gasteiger partial charge in [0.2, 0.25) is 5.91 Å². The summed E-state index contributed by atoms with van der Waals surface area (Å²) in [5, 5.41) is 3.84.